The van der Waals surface area contributed by atoms with Crippen LogP contribution in [0.4, 0.5) is 0 Å². The predicted octanol–water partition coefficient (Wildman–Crippen LogP) is 2.81. The van der Waals surface area contributed by atoms with Gasteiger partial charge in [-0.1, -0.05) is 6.08 Å². The zero-order valence-electron chi connectivity index (χ0n) is 7.41. The molecule has 1 heterocycles. The topological polar surface area (TPSA) is 38.9 Å². The van der Waals surface area contributed by atoms with Crippen LogP contribution in [0.2, 0.25) is 0 Å². The molecule has 0 bridgehead atoms. The number of rotatable bonds is 4. The van der Waals surface area contributed by atoms with Crippen LogP contribution in [0.25, 0.3) is 0 Å². The second-order valence-corrected chi connectivity index (χ2v) is 3.79. The standard InChI is InChI=1S/C10H13BrN2/c1-2-3-4-9(12)10-6-5-8(11)7-13-10/h2,5-7,9H,1,3-4,12H2/t9-/m1/s1. The van der Waals surface area contributed by atoms with Crippen molar-refractivity contribution >= 4 is 15.9 Å². The second kappa shape index (κ2) is 5.14. The molecule has 0 aliphatic carbocycles. The number of nitrogens with two attached hydrogens (primary N) is 1. The number of halogens is 1. The molecule has 0 fully saturated rings. The Morgan fingerprint density at radius 1 is 1.62 bits per heavy atom. The fraction of sp³-hybridized carbons (Fsp3) is 0.300. The number of pyridine rings is 1. The predicted molar refractivity (Wildman–Crippen MR) is 58.3 cm³/mol. The average Bonchev–Trinajstić information content (AvgIpc) is 2.15. The summed E-state index contributed by atoms with van der Waals surface area (Å²) in [5.74, 6) is 0. The zero-order valence-corrected chi connectivity index (χ0v) is 9.00. The minimum Gasteiger partial charge on any atom is -0.323 e. The summed E-state index contributed by atoms with van der Waals surface area (Å²) in [5.41, 5.74) is 6.84. The molecule has 0 radical (unpaired) electrons. The Morgan fingerprint density at radius 3 is 2.92 bits per heavy atom. The molecule has 0 unspecified atom stereocenters. The van der Waals surface area contributed by atoms with Crippen LogP contribution < -0.4 is 5.73 Å². The Kier molecular flexibility index (Phi) is 4.12. The lowest BCUT2D eigenvalue weighted by Gasteiger charge is -2.08. The molecular weight excluding hydrogens is 228 g/mol. The summed E-state index contributed by atoms with van der Waals surface area (Å²) in [5, 5.41) is 0. The molecule has 1 aromatic rings. The van der Waals surface area contributed by atoms with E-state index in [4.69, 9.17) is 5.73 Å². The average molecular weight is 241 g/mol. The smallest absolute Gasteiger partial charge is 0.0571 e. The third kappa shape index (κ3) is 3.28. The van der Waals surface area contributed by atoms with Crippen LogP contribution in [0.1, 0.15) is 24.6 Å². The second-order valence-electron chi connectivity index (χ2n) is 2.87. The maximum atomic E-state index is 5.91. The molecule has 1 atom stereocenters. The van der Waals surface area contributed by atoms with Gasteiger partial charge in [0.05, 0.1) is 5.69 Å². The van der Waals surface area contributed by atoms with E-state index in [-0.39, 0.29) is 6.04 Å². The molecule has 0 aromatic carbocycles. The molecule has 2 nitrogen and oxygen atoms in total. The van der Waals surface area contributed by atoms with Crippen molar-refractivity contribution in [3.8, 4) is 0 Å². The van der Waals surface area contributed by atoms with Gasteiger partial charge >= 0.3 is 0 Å². The lowest BCUT2D eigenvalue weighted by atomic mass is 10.1. The molecule has 13 heavy (non-hydrogen) atoms. The minimum absolute atomic E-state index is 0.0195. The third-order valence-electron chi connectivity index (χ3n) is 1.81. The van der Waals surface area contributed by atoms with Gasteiger partial charge < -0.3 is 5.73 Å². The van der Waals surface area contributed by atoms with Gasteiger partial charge in [-0.15, -0.1) is 6.58 Å². The van der Waals surface area contributed by atoms with E-state index < -0.39 is 0 Å². The van der Waals surface area contributed by atoms with E-state index in [2.05, 4.69) is 27.5 Å². The van der Waals surface area contributed by atoms with Gasteiger partial charge in [0.15, 0.2) is 0 Å². The van der Waals surface area contributed by atoms with Crippen LogP contribution in [-0.2, 0) is 0 Å². The van der Waals surface area contributed by atoms with Crippen LogP contribution in [0.3, 0.4) is 0 Å². The lowest BCUT2D eigenvalue weighted by molar-refractivity contribution is 0.642. The van der Waals surface area contributed by atoms with Crippen molar-refractivity contribution in [2.45, 2.75) is 18.9 Å². The van der Waals surface area contributed by atoms with E-state index in [9.17, 15) is 0 Å². The Balaban J connectivity index is 2.60. The van der Waals surface area contributed by atoms with Crippen molar-refractivity contribution in [3.63, 3.8) is 0 Å². The number of nitrogens with zero attached hydrogens (tertiary/aromatic N) is 1. The quantitative estimate of drug-likeness (QED) is 0.823. The molecular formula is C10H13BrN2. The minimum atomic E-state index is 0.0195. The van der Waals surface area contributed by atoms with E-state index in [1.165, 1.54) is 0 Å². The van der Waals surface area contributed by atoms with Crippen LogP contribution in [0, 0.1) is 0 Å². The van der Waals surface area contributed by atoms with E-state index in [0.717, 1.165) is 23.0 Å². The van der Waals surface area contributed by atoms with Crippen molar-refractivity contribution in [3.05, 3.63) is 41.2 Å². The molecule has 0 amide bonds. The van der Waals surface area contributed by atoms with Crippen molar-refractivity contribution in [1.82, 2.24) is 4.98 Å². The molecule has 0 saturated carbocycles. The highest BCUT2D eigenvalue weighted by Crippen LogP contribution is 2.15. The number of aromatic nitrogens is 1. The molecule has 70 valence electrons. The van der Waals surface area contributed by atoms with E-state index in [1.54, 1.807) is 6.20 Å². The highest BCUT2D eigenvalue weighted by atomic mass is 79.9. The summed E-state index contributed by atoms with van der Waals surface area (Å²) in [4.78, 5) is 4.22. The van der Waals surface area contributed by atoms with Gasteiger partial charge in [-0.05, 0) is 40.9 Å². The lowest BCUT2D eigenvalue weighted by Crippen LogP contribution is -2.11. The van der Waals surface area contributed by atoms with Gasteiger partial charge in [-0.25, -0.2) is 0 Å². The molecule has 0 aliphatic heterocycles. The van der Waals surface area contributed by atoms with E-state index in [1.807, 2.05) is 18.2 Å². The molecule has 0 saturated heterocycles. The van der Waals surface area contributed by atoms with Gasteiger partial charge in [-0.2, -0.15) is 0 Å². The van der Waals surface area contributed by atoms with Crippen LogP contribution >= 0.6 is 15.9 Å². The molecule has 1 rings (SSSR count). The largest absolute Gasteiger partial charge is 0.323 e. The van der Waals surface area contributed by atoms with Crippen molar-refractivity contribution < 1.29 is 0 Å². The number of allylic oxidation sites excluding steroid dienone is 1. The maximum absolute atomic E-state index is 5.91. The van der Waals surface area contributed by atoms with Crippen LogP contribution in [-0.4, -0.2) is 4.98 Å². The highest BCUT2D eigenvalue weighted by Gasteiger charge is 2.05. The van der Waals surface area contributed by atoms with Crippen LogP contribution in [0.5, 0.6) is 0 Å². The Bertz CT molecular complexity index is 269. The SMILES string of the molecule is C=CCC[C@@H](N)c1ccc(Br)cn1. The molecule has 0 aliphatic rings. The van der Waals surface area contributed by atoms with Crippen molar-refractivity contribution in [2.24, 2.45) is 5.73 Å². The third-order valence-corrected chi connectivity index (χ3v) is 2.28. The van der Waals surface area contributed by atoms with Crippen LogP contribution in [0.15, 0.2) is 35.5 Å². The summed E-state index contributed by atoms with van der Waals surface area (Å²) >= 11 is 3.33. The molecule has 0 spiro atoms. The van der Waals surface area contributed by atoms with E-state index in [0.29, 0.717) is 0 Å². The van der Waals surface area contributed by atoms with Gasteiger partial charge in [0, 0.05) is 16.7 Å². The zero-order chi connectivity index (χ0) is 9.68. The summed E-state index contributed by atoms with van der Waals surface area (Å²) < 4.78 is 0.979. The summed E-state index contributed by atoms with van der Waals surface area (Å²) in [6.07, 6.45) is 5.47. The summed E-state index contributed by atoms with van der Waals surface area (Å²) in [7, 11) is 0. The number of hydrogen-bond acceptors (Lipinski definition) is 2. The molecule has 1 aromatic heterocycles. The fourth-order valence-corrected chi connectivity index (χ4v) is 1.29. The van der Waals surface area contributed by atoms with Gasteiger partial charge in [-0.3, -0.25) is 4.98 Å². The fourth-order valence-electron chi connectivity index (χ4n) is 1.05. The van der Waals surface area contributed by atoms with Crippen molar-refractivity contribution in [1.29, 1.82) is 0 Å². The first kappa shape index (κ1) is 10.4. The van der Waals surface area contributed by atoms with Gasteiger partial charge in [0.1, 0.15) is 0 Å². The normalized spacial score (nSPS) is 12.5. The monoisotopic (exact) mass is 240 g/mol. The first-order valence-electron chi connectivity index (χ1n) is 4.22. The Morgan fingerprint density at radius 2 is 2.38 bits per heavy atom. The first-order valence-corrected chi connectivity index (χ1v) is 5.01. The Labute approximate surface area is 87.0 Å². The number of hydrogen-bond donors (Lipinski definition) is 1. The molecule has 3 heteroatoms. The van der Waals surface area contributed by atoms with E-state index >= 15 is 0 Å². The van der Waals surface area contributed by atoms with Crippen molar-refractivity contribution in [2.75, 3.05) is 0 Å². The highest BCUT2D eigenvalue weighted by molar-refractivity contribution is 9.10. The maximum Gasteiger partial charge on any atom is 0.0571 e. The van der Waals surface area contributed by atoms with Gasteiger partial charge in [0.25, 0.3) is 0 Å². The molecule has 2 N–H and O–H groups in total. The summed E-state index contributed by atoms with van der Waals surface area (Å²) in [6, 6.07) is 3.92. The Hall–Kier alpha value is -0.670. The first-order chi connectivity index (χ1) is 6.24. The summed E-state index contributed by atoms with van der Waals surface area (Å²) in [6.45, 7) is 3.66. The van der Waals surface area contributed by atoms with Gasteiger partial charge in [0.2, 0.25) is 0 Å².